The van der Waals surface area contributed by atoms with Crippen LogP contribution < -0.4 is 15.3 Å². The lowest BCUT2D eigenvalue weighted by Gasteiger charge is -2.31. The largest absolute Gasteiger partial charge is 0.473 e. The Morgan fingerprint density at radius 3 is 2.37 bits per heavy atom. The summed E-state index contributed by atoms with van der Waals surface area (Å²) in [7, 11) is 0. The van der Waals surface area contributed by atoms with Crippen molar-refractivity contribution in [3.63, 3.8) is 0 Å². The van der Waals surface area contributed by atoms with Gasteiger partial charge in [-0.1, -0.05) is 0 Å². The zero-order valence-electron chi connectivity index (χ0n) is 14.7. The Labute approximate surface area is 152 Å². The van der Waals surface area contributed by atoms with E-state index in [0.717, 1.165) is 23.1 Å². The van der Waals surface area contributed by atoms with Crippen LogP contribution in [0.5, 0.6) is 5.75 Å². The van der Waals surface area contributed by atoms with Crippen molar-refractivity contribution in [3.8, 4) is 5.75 Å². The second-order valence-electron chi connectivity index (χ2n) is 6.57. The molecule has 2 heterocycles. The molecule has 2 aromatic carbocycles. The fourth-order valence-electron chi connectivity index (χ4n) is 3.24. The van der Waals surface area contributed by atoms with E-state index in [-0.39, 0.29) is 6.73 Å². The number of hydrogen-bond acceptors (Lipinski definition) is 4. The maximum Gasteiger partial charge on any atom is 0.416 e. The van der Waals surface area contributed by atoms with Crippen LogP contribution in [-0.2, 0) is 12.7 Å². The van der Waals surface area contributed by atoms with E-state index in [0.29, 0.717) is 34.7 Å². The maximum absolute atomic E-state index is 12.8. The van der Waals surface area contributed by atoms with Gasteiger partial charge in [0, 0.05) is 16.6 Å². The first-order valence-electron chi connectivity index (χ1n) is 8.36. The average Bonchev–Trinajstić information content (AvgIpc) is 2.65. The Bertz CT molecular complexity index is 1080. The lowest BCUT2D eigenvalue weighted by Crippen LogP contribution is -2.32. The Hall–Kier alpha value is -2.96. The average molecular weight is 375 g/mol. The molecule has 0 unspecified atom stereocenters. The number of ether oxygens (including phenoxy) is 1. The lowest BCUT2D eigenvalue weighted by atomic mass is 10.0. The molecule has 0 saturated carbocycles. The smallest absolute Gasteiger partial charge is 0.416 e. The van der Waals surface area contributed by atoms with E-state index in [9.17, 15) is 18.0 Å². The van der Waals surface area contributed by atoms with Gasteiger partial charge >= 0.3 is 11.8 Å². The Morgan fingerprint density at radius 1 is 1.00 bits per heavy atom. The monoisotopic (exact) mass is 375 g/mol. The second-order valence-corrected chi connectivity index (χ2v) is 6.57. The molecule has 4 nitrogen and oxygen atoms in total. The van der Waals surface area contributed by atoms with Crippen molar-refractivity contribution in [1.29, 1.82) is 0 Å². The molecule has 1 aliphatic rings. The van der Waals surface area contributed by atoms with Crippen LogP contribution in [0.25, 0.3) is 11.0 Å². The van der Waals surface area contributed by atoms with Gasteiger partial charge in [-0.15, -0.1) is 0 Å². The van der Waals surface area contributed by atoms with Crippen molar-refractivity contribution in [2.45, 2.75) is 26.6 Å². The van der Waals surface area contributed by atoms with E-state index < -0.39 is 17.4 Å². The molecule has 7 heteroatoms. The fraction of sp³-hybridized carbons (Fsp3) is 0.250. The van der Waals surface area contributed by atoms with E-state index in [2.05, 4.69) is 0 Å². The highest BCUT2D eigenvalue weighted by Crippen LogP contribution is 2.36. The van der Waals surface area contributed by atoms with Crippen molar-refractivity contribution in [1.82, 2.24) is 0 Å². The van der Waals surface area contributed by atoms with Crippen molar-refractivity contribution in [2.75, 3.05) is 11.6 Å². The van der Waals surface area contributed by atoms with Crippen LogP contribution in [0.15, 0.2) is 45.6 Å². The predicted molar refractivity (Wildman–Crippen MR) is 95.1 cm³/mol. The van der Waals surface area contributed by atoms with Crippen molar-refractivity contribution < 1.29 is 22.3 Å². The first-order chi connectivity index (χ1) is 12.8. The summed E-state index contributed by atoms with van der Waals surface area (Å²) in [6, 6.07) is 8.59. The Balaban J connectivity index is 1.75. The van der Waals surface area contributed by atoms with Crippen molar-refractivity contribution >= 4 is 16.7 Å². The SMILES string of the molecule is Cc1c(C)c2ccc3c(c2oc1=O)CN(c1ccc(C(F)(F)F)cc1)CO3. The van der Waals surface area contributed by atoms with Crippen LogP contribution in [-0.4, -0.2) is 6.73 Å². The maximum atomic E-state index is 12.8. The van der Waals surface area contributed by atoms with Gasteiger partial charge in [-0.05, 0) is 55.8 Å². The van der Waals surface area contributed by atoms with Gasteiger partial charge < -0.3 is 14.1 Å². The minimum atomic E-state index is -4.38. The predicted octanol–water partition coefficient (Wildman–Crippen LogP) is 4.79. The molecule has 3 aromatic rings. The third kappa shape index (κ3) is 2.93. The zero-order chi connectivity index (χ0) is 19.3. The normalized spacial score (nSPS) is 14.2. The Kier molecular flexibility index (Phi) is 3.91. The molecule has 0 spiro atoms. The third-order valence-corrected chi connectivity index (χ3v) is 4.97. The van der Waals surface area contributed by atoms with Gasteiger partial charge in [0.1, 0.15) is 11.3 Å². The molecule has 4 rings (SSSR count). The van der Waals surface area contributed by atoms with Crippen molar-refractivity contribution in [2.24, 2.45) is 0 Å². The summed E-state index contributed by atoms with van der Waals surface area (Å²) in [5.41, 5.74) is 2.05. The quantitative estimate of drug-likeness (QED) is 0.574. The minimum Gasteiger partial charge on any atom is -0.473 e. The summed E-state index contributed by atoms with van der Waals surface area (Å²) in [4.78, 5) is 13.9. The second kappa shape index (κ2) is 6.04. The standard InChI is InChI=1S/C20H16F3NO3/c1-11-12(2)19(25)27-18-15(11)7-8-17-16(18)9-24(10-26-17)14-5-3-13(4-6-14)20(21,22)23/h3-8H,9-10H2,1-2H3. The van der Waals surface area contributed by atoms with Crippen LogP contribution >= 0.6 is 0 Å². The number of nitrogens with zero attached hydrogens (tertiary/aromatic N) is 1. The van der Waals surface area contributed by atoms with Gasteiger partial charge in [-0.3, -0.25) is 0 Å². The number of anilines is 1. The summed E-state index contributed by atoms with van der Waals surface area (Å²) in [5.74, 6) is 0.608. The number of halogens is 3. The summed E-state index contributed by atoms with van der Waals surface area (Å²) < 4.78 is 49.5. The first-order valence-corrected chi connectivity index (χ1v) is 8.36. The molecule has 1 aliphatic heterocycles. The van der Waals surface area contributed by atoms with Crippen LogP contribution in [0.3, 0.4) is 0 Å². The molecule has 0 atom stereocenters. The molecule has 0 saturated heterocycles. The van der Waals surface area contributed by atoms with Crippen LogP contribution in [0.2, 0.25) is 0 Å². The van der Waals surface area contributed by atoms with Gasteiger partial charge in [0.15, 0.2) is 6.73 Å². The highest BCUT2D eigenvalue weighted by Gasteiger charge is 2.30. The molecule has 0 bridgehead atoms. The lowest BCUT2D eigenvalue weighted by molar-refractivity contribution is -0.137. The third-order valence-electron chi connectivity index (χ3n) is 4.97. The molecule has 0 N–H and O–H groups in total. The van der Waals surface area contributed by atoms with Crippen LogP contribution in [0.4, 0.5) is 18.9 Å². The molecule has 0 amide bonds. The van der Waals surface area contributed by atoms with E-state index >= 15 is 0 Å². The highest BCUT2D eigenvalue weighted by molar-refractivity contribution is 5.86. The summed E-state index contributed by atoms with van der Waals surface area (Å²) in [6.07, 6.45) is -4.38. The van der Waals surface area contributed by atoms with E-state index in [4.69, 9.17) is 9.15 Å². The highest BCUT2D eigenvalue weighted by atomic mass is 19.4. The van der Waals surface area contributed by atoms with Gasteiger partial charge in [0.05, 0.1) is 17.7 Å². The topological polar surface area (TPSA) is 42.7 Å². The Morgan fingerprint density at radius 2 is 1.70 bits per heavy atom. The molecule has 0 radical (unpaired) electrons. The zero-order valence-corrected chi connectivity index (χ0v) is 14.7. The van der Waals surface area contributed by atoms with Crippen LogP contribution in [0.1, 0.15) is 22.3 Å². The molecule has 0 aliphatic carbocycles. The first kappa shape index (κ1) is 17.5. The van der Waals surface area contributed by atoms with Crippen LogP contribution in [0, 0.1) is 13.8 Å². The van der Waals surface area contributed by atoms with E-state index in [1.807, 2.05) is 19.1 Å². The van der Waals surface area contributed by atoms with Gasteiger partial charge in [-0.2, -0.15) is 13.2 Å². The summed E-state index contributed by atoms with van der Waals surface area (Å²) in [6.45, 7) is 4.13. The number of aryl methyl sites for hydroxylation is 1. The van der Waals surface area contributed by atoms with Gasteiger partial charge in [0.25, 0.3) is 0 Å². The molecule has 1 aromatic heterocycles. The number of benzene rings is 2. The fourth-order valence-corrected chi connectivity index (χ4v) is 3.24. The van der Waals surface area contributed by atoms with Gasteiger partial charge in [0.2, 0.25) is 0 Å². The summed E-state index contributed by atoms with van der Waals surface area (Å²) >= 11 is 0. The molecule has 27 heavy (non-hydrogen) atoms. The van der Waals surface area contributed by atoms with E-state index in [1.165, 1.54) is 12.1 Å². The number of hydrogen-bond donors (Lipinski definition) is 0. The van der Waals surface area contributed by atoms with Crippen molar-refractivity contribution in [3.05, 3.63) is 69.1 Å². The number of fused-ring (bicyclic) bond motifs is 3. The molecular weight excluding hydrogens is 359 g/mol. The number of rotatable bonds is 1. The molecule has 140 valence electrons. The molecule has 0 fully saturated rings. The van der Waals surface area contributed by atoms with Gasteiger partial charge in [-0.25, -0.2) is 4.79 Å². The number of alkyl halides is 3. The van der Waals surface area contributed by atoms with E-state index in [1.54, 1.807) is 11.8 Å². The minimum absolute atomic E-state index is 0.193. The summed E-state index contributed by atoms with van der Waals surface area (Å²) in [5, 5.41) is 0.823. The molecular formula is C20H16F3NO3.